The Kier molecular flexibility index (Phi) is 6.17. The van der Waals surface area contributed by atoms with E-state index in [1.54, 1.807) is 19.9 Å². The van der Waals surface area contributed by atoms with Crippen LogP contribution in [0.25, 0.3) is 0 Å². The summed E-state index contributed by atoms with van der Waals surface area (Å²) in [4.78, 5) is 14.5. The molecule has 156 valence electrons. The summed E-state index contributed by atoms with van der Waals surface area (Å²) in [6.07, 6.45) is 0. The summed E-state index contributed by atoms with van der Waals surface area (Å²) in [5, 5.41) is 0. The van der Waals surface area contributed by atoms with E-state index in [1.165, 1.54) is 53.4 Å². The highest BCUT2D eigenvalue weighted by molar-refractivity contribution is 7.92. The van der Waals surface area contributed by atoms with Crippen molar-refractivity contribution < 1.29 is 22.0 Å². The molecule has 8 heteroatoms. The molecular formula is C22H20F2N2O3S. The number of carbonyl (C=O) groups excluding carboxylic acids is 1. The maximum atomic E-state index is 13.2. The molecule has 0 bridgehead atoms. The standard InChI is InChI=1S/C22H20F2N2O3S/c1-3-26(19-11-7-17(24)8-12-19)22(27)21-14-20(13-4-15(21)2)30(28,29)25-18-9-5-16(23)6-10-18/h4-14,25H,3H2,1-2H3. The van der Waals surface area contributed by atoms with Gasteiger partial charge in [0.25, 0.3) is 15.9 Å². The van der Waals surface area contributed by atoms with Crippen LogP contribution in [0.1, 0.15) is 22.8 Å². The molecular weight excluding hydrogens is 410 g/mol. The number of carbonyl (C=O) groups is 1. The van der Waals surface area contributed by atoms with Crippen LogP contribution in [-0.4, -0.2) is 20.9 Å². The average Bonchev–Trinajstić information content (AvgIpc) is 2.71. The molecule has 0 fully saturated rings. The van der Waals surface area contributed by atoms with Gasteiger partial charge < -0.3 is 4.90 Å². The van der Waals surface area contributed by atoms with Crippen LogP contribution in [0.4, 0.5) is 20.2 Å². The second kappa shape index (κ2) is 8.62. The van der Waals surface area contributed by atoms with Gasteiger partial charge in [0.05, 0.1) is 4.90 Å². The lowest BCUT2D eigenvalue weighted by molar-refractivity contribution is 0.0987. The lowest BCUT2D eigenvalue weighted by Gasteiger charge is -2.22. The first kappa shape index (κ1) is 21.4. The van der Waals surface area contributed by atoms with Crippen LogP contribution < -0.4 is 9.62 Å². The molecule has 0 saturated heterocycles. The number of aryl methyl sites for hydroxylation is 1. The van der Waals surface area contributed by atoms with E-state index < -0.39 is 27.6 Å². The molecule has 0 aliphatic heterocycles. The van der Waals surface area contributed by atoms with E-state index >= 15 is 0 Å². The maximum Gasteiger partial charge on any atom is 0.261 e. The Morgan fingerprint density at radius 3 is 2.07 bits per heavy atom. The van der Waals surface area contributed by atoms with Gasteiger partial charge in [-0.25, -0.2) is 17.2 Å². The molecule has 0 unspecified atom stereocenters. The van der Waals surface area contributed by atoms with E-state index in [4.69, 9.17) is 0 Å². The van der Waals surface area contributed by atoms with Crippen LogP contribution in [0.5, 0.6) is 0 Å². The number of halogens is 2. The SMILES string of the molecule is CCN(C(=O)c1cc(S(=O)(=O)Nc2ccc(F)cc2)ccc1C)c1ccc(F)cc1. The zero-order chi connectivity index (χ0) is 21.9. The van der Waals surface area contributed by atoms with Crippen LogP contribution in [0.2, 0.25) is 0 Å². The van der Waals surface area contributed by atoms with Crippen LogP contribution >= 0.6 is 0 Å². The molecule has 3 aromatic rings. The number of hydrogen-bond acceptors (Lipinski definition) is 3. The number of anilines is 2. The topological polar surface area (TPSA) is 66.5 Å². The number of amides is 1. The monoisotopic (exact) mass is 430 g/mol. The van der Waals surface area contributed by atoms with E-state index in [-0.39, 0.29) is 16.1 Å². The molecule has 0 saturated carbocycles. The van der Waals surface area contributed by atoms with Crippen molar-refractivity contribution in [2.45, 2.75) is 18.7 Å². The lowest BCUT2D eigenvalue weighted by atomic mass is 10.1. The van der Waals surface area contributed by atoms with Crippen molar-refractivity contribution in [3.63, 3.8) is 0 Å². The number of nitrogens with zero attached hydrogens (tertiary/aromatic N) is 1. The third-order valence-corrected chi connectivity index (χ3v) is 5.92. The van der Waals surface area contributed by atoms with Crippen LogP contribution in [0, 0.1) is 18.6 Å². The number of benzene rings is 3. The Morgan fingerprint density at radius 1 is 0.933 bits per heavy atom. The summed E-state index contributed by atoms with van der Waals surface area (Å²) in [5.74, 6) is -1.31. The Hall–Kier alpha value is -3.26. The van der Waals surface area contributed by atoms with Crippen molar-refractivity contribution in [3.8, 4) is 0 Å². The minimum absolute atomic E-state index is 0.101. The quantitative estimate of drug-likeness (QED) is 0.614. The van der Waals surface area contributed by atoms with Crippen molar-refractivity contribution in [2.75, 3.05) is 16.2 Å². The van der Waals surface area contributed by atoms with E-state index in [0.717, 1.165) is 12.1 Å². The van der Waals surface area contributed by atoms with Gasteiger partial charge in [-0.05, 0) is 80.1 Å². The van der Waals surface area contributed by atoms with Gasteiger partial charge in [0, 0.05) is 23.5 Å². The Labute approximate surface area is 174 Å². The fourth-order valence-electron chi connectivity index (χ4n) is 2.94. The smallest absolute Gasteiger partial charge is 0.261 e. The fraction of sp³-hybridized carbons (Fsp3) is 0.136. The summed E-state index contributed by atoms with van der Waals surface area (Å²) >= 11 is 0. The second-order valence-corrected chi connectivity index (χ2v) is 8.30. The number of rotatable bonds is 6. The lowest BCUT2D eigenvalue weighted by Crippen LogP contribution is -2.31. The molecule has 0 spiro atoms. The fourth-order valence-corrected chi connectivity index (χ4v) is 4.02. The summed E-state index contributed by atoms with van der Waals surface area (Å²) in [6, 6.07) is 14.6. The predicted octanol–water partition coefficient (Wildman–Crippen LogP) is 4.74. The van der Waals surface area contributed by atoms with Gasteiger partial charge in [-0.15, -0.1) is 0 Å². The minimum Gasteiger partial charge on any atom is -0.309 e. The van der Waals surface area contributed by atoms with Gasteiger partial charge in [-0.3, -0.25) is 9.52 Å². The molecule has 5 nitrogen and oxygen atoms in total. The summed E-state index contributed by atoms with van der Waals surface area (Å²) < 4.78 is 54.2. The third-order valence-electron chi connectivity index (χ3n) is 4.55. The summed E-state index contributed by atoms with van der Waals surface area (Å²) in [5.41, 5.74) is 1.51. The Bertz CT molecular complexity index is 1160. The molecule has 3 rings (SSSR count). The van der Waals surface area contributed by atoms with Crippen molar-refractivity contribution in [3.05, 3.63) is 89.5 Å². The number of hydrogen-bond donors (Lipinski definition) is 1. The third kappa shape index (κ3) is 4.65. The number of sulfonamides is 1. The van der Waals surface area contributed by atoms with Crippen LogP contribution in [0.3, 0.4) is 0 Å². The largest absolute Gasteiger partial charge is 0.309 e. The van der Waals surface area contributed by atoms with Gasteiger partial charge >= 0.3 is 0 Å². The van der Waals surface area contributed by atoms with Crippen LogP contribution in [0.15, 0.2) is 71.6 Å². The first-order chi connectivity index (χ1) is 14.2. The molecule has 0 aliphatic rings. The van der Waals surface area contributed by atoms with Gasteiger partial charge in [0.15, 0.2) is 0 Å². The second-order valence-electron chi connectivity index (χ2n) is 6.61. The Morgan fingerprint density at radius 2 is 1.50 bits per heavy atom. The zero-order valence-electron chi connectivity index (χ0n) is 16.4. The molecule has 30 heavy (non-hydrogen) atoms. The summed E-state index contributed by atoms with van der Waals surface area (Å²) in [7, 11) is -3.99. The highest BCUT2D eigenvalue weighted by Gasteiger charge is 2.22. The van der Waals surface area contributed by atoms with E-state index in [9.17, 15) is 22.0 Å². The maximum absolute atomic E-state index is 13.2. The summed E-state index contributed by atoms with van der Waals surface area (Å²) in [6.45, 7) is 3.79. The highest BCUT2D eigenvalue weighted by atomic mass is 32.2. The van der Waals surface area contributed by atoms with Gasteiger partial charge in [-0.1, -0.05) is 6.07 Å². The van der Waals surface area contributed by atoms with Crippen molar-refractivity contribution in [1.29, 1.82) is 0 Å². The minimum atomic E-state index is -3.99. The molecule has 0 atom stereocenters. The predicted molar refractivity (Wildman–Crippen MR) is 112 cm³/mol. The highest BCUT2D eigenvalue weighted by Crippen LogP contribution is 2.23. The molecule has 1 N–H and O–H groups in total. The van der Waals surface area contributed by atoms with E-state index in [0.29, 0.717) is 17.8 Å². The molecule has 0 heterocycles. The first-order valence-electron chi connectivity index (χ1n) is 9.17. The van der Waals surface area contributed by atoms with Crippen LogP contribution in [-0.2, 0) is 10.0 Å². The average molecular weight is 430 g/mol. The molecule has 3 aromatic carbocycles. The van der Waals surface area contributed by atoms with Gasteiger partial charge in [0.2, 0.25) is 0 Å². The molecule has 0 aromatic heterocycles. The van der Waals surface area contributed by atoms with Crippen molar-refractivity contribution in [2.24, 2.45) is 0 Å². The first-order valence-corrected chi connectivity index (χ1v) is 10.7. The Balaban J connectivity index is 1.94. The normalized spacial score (nSPS) is 11.2. The van der Waals surface area contributed by atoms with Gasteiger partial charge in [-0.2, -0.15) is 0 Å². The van der Waals surface area contributed by atoms with Gasteiger partial charge in [0.1, 0.15) is 11.6 Å². The molecule has 1 amide bonds. The number of nitrogens with one attached hydrogen (secondary N) is 1. The molecule has 0 radical (unpaired) electrons. The van der Waals surface area contributed by atoms with Crippen molar-refractivity contribution >= 4 is 27.3 Å². The van der Waals surface area contributed by atoms with E-state index in [2.05, 4.69) is 4.72 Å². The van der Waals surface area contributed by atoms with E-state index in [1.807, 2.05) is 0 Å². The van der Waals surface area contributed by atoms with Crippen molar-refractivity contribution in [1.82, 2.24) is 0 Å². The zero-order valence-corrected chi connectivity index (χ0v) is 17.2. The molecule has 0 aliphatic carbocycles.